The van der Waals surface area contributed by atoms with Gasteiger partial charge in [0, 0.05) is 10.6 Å². The summed E-state index contributed by atoms with van der Waals surface area (Å²) in [5, 5.41) is 0.506. The summed E-state index contributed by atoms with van der Waals surface area (Å²) >= 11 is 7.65. The minimum Gasteiger partial charge on any atom is -0.462 e. The lowest BCUT2D eigenvalue weighted by molar-refractivity contribution is 0.0522. The molecule has 5 heteroatoms. The van der Waals surface area contributed by atoms with Gasteiger partial charge in [0.05, 0.1) is 17.2 Å². The number of thioether (sulfide) groups is 1. The van der Waals surface area contributed by atoms with Crippen LogP contribution in [0.4, 0.5) is 5.69 Å². The number of nitrogens with two attached hydrogens (primary N) is 1. The lowest BCUT2D eigenvalue weighted by Crippen LogP contribution is -2.07. The van der Waals surface area contributed by atoms with Crippen molar-refractivity contribution in [2.75, 3.05) is 18.1 Å². The van der Waals surface area contributed by atoms with E-state index in [0.717, 1.165) is 17.1 Å². The van der Waals surface area contributed by atoms with Gasteiger partial charge in [-0.2, -0.15) is 0 Å². The molecule has 0 saturated heterocycles. The van der Waals surface area contributed by atoms with Crippen LogP contribution < -0.4 is 5.73 Å². The summed E-state index contributed by atoms with van der Waals surface area (Å²) in [6.45, 7) is 4.18. The molecule has 3 nitrogen and oxygen atoms in total. The average Bonchev–Trinajstić information content (AvgIpc) is 2.27. The Labute approximate surface area is 111 Å². The van der Waals surface area contributed by atoms with Gasteiger partial charge in [0.2, 0.25) is 0 Å². The molecular formula is C12H16ClNO2S. The van der Waals surface area contributed by atoms with Gasteiger partial charge in [0.15, 0.2) is 0 Å². The van der Waals surface area contributed by atoms with Crippen LogP contribution in [0.15, 0.2) is 17.0 Å². The Balaban J connectivity index is 3.10. The minimum absolute atomic E-state index is 0.336. The number of carbonyl (C=O) groups excluding carboxylic acids is 1. The summed E-state index contributed by atoms with van der Waals surface area (Å²) in [6, 6.07) is 3.27. The number of rotatable bonds is 5. The molecular weight excluding hydrogens is 258 g/mol. The Morgan fingerprint density at radius 3 is 2.76 bits per heavy atom. The van der Waals surface area contributed by atoms with Crippen LogP contribution in [-0.4, -0.2) is 18.3 Å². The average molecular weight is 274 g/mol. The zero-order valence-corrected chi connectivity index (χ0v) is 11.5. The molecule has 0 fully saturated rings. The van der Waals surface area contributed by atoms with Gasteiger partial charge < -0.3 is 10.5 Å². The van der Waals surface area contributed by atoms with Crippen LogP contribution in [0.2, 0.25) is 5.02 Å². The summed E-state index contributed by atoms with van der Waals surface area (Å²) < 4.78 is 4.99. The fourth-order valence-corrected chi connectivity index (χ4v) is 2.62. The largest absolute Gasteiger partial charge is 0.462 e. The van der Waals surface area contributed by atoms with Gasteiger partial charge in [0.25, 0.3) is 0 Å². The second-order valence-electron chi connectivity index (χ2n) is 3.45. The van der Waals surface area contributed by atoms with Crippen molar-refractivity contribution in [2.24, 2.45) is 0 Å². The molecule has 0 aliphatic heterocycles. The van der Waals surface area contributed by atoms with E-state index in [9.17, 15) is 4.79 Å². The van der Waals surface area contributed by atoms with Crippen molar-refractivity contribution >= 4 is 35.0 Å². The first kappa shape index (κ1) is 14.2. The van der Waals surface area contributed by atoms with Gasteiger partial charge in [-0.15, -0.1) is 11.8 Å². The third-order valence-electron chi connectivity index (χ3n) is 2.01. The fourth-order valence-electron chi connectivity index (χ4n) is 1.33. The fraction of sp³-hybridized carbons (Fsp3) is 0.417. The number of carbonyl (C=O) groups is 1. The van der Waals surface area contributed by atoms with E-state index in [4.69, 9.17) is 22.1 Å². The summed E-state index contributed by atoms with van der Waals surface area (Å²) in [7, 11) is 0. The highest BCUT2D eigenvalue weighted by Crippen LogP contribution is 2.33. The molecule has 17 heavy (non-hydrogen) atoms. The summed E-state index contributed by atoms with van der Waals surface area (Å²) in [5.74, 6) is 0.524. The number of nitrogen functional groups attached to an aromatic ring is 1. The Kier molecular flexibility index (Phi) is 5.65. The Hall–Kier alpha value is -0.870. The molecule has 0 bridgehead atoms. The third kappa shape index (κ3) is 3.82. The molecule has 2 N–H and O–H groups in total. The van der Waals surface area contributed by atoms with Gasteiger partial charge in [-0.3, -0.25) is 0 Å². The van der Waals surface area contributed by atoms with Crippen LogP contribution in [0.1, 0.15) is 30.6 Å². The second kappa shape index (κ2) is 6.77. The monoisotopic (exact) mass is 273 g/mol. The van der Waals surface area contributed by atoms with Crippen LogP contribution in [-0.2, 0) is 4.74 Å². The summed E-state index contributed by atoms with van der Waals surface area (Å²) in [5.41, 5.74) is 6.61. The van der Waals surface area contributed by atoms with E-state index >= 15 is 0 Å². The molecule has 0 spiro atoms. The van der Waals surface area contributed by atoms with Crippen molar-refractivity contribution < 1.29 is 9.53 Å². The maximum atomic E-state index is 11.8. The molecule has 0 unspecified atom stereocenters. The Morgan fingerprint density at radius 2 is 2.18 bits per heavy atom. The Morgan fingerprint density at radius 1 is 1.47 bits per heavy atom. The zero-order chi connectivity index (χ0) is 12.8. The minimum atomic E-state index is -0.375. The van der Waals surface area contributed by atoms with Crippen molar-refractivity contribution in [1.29, 1.82) is 0 Å². The smallest absolute Gasteiger partial charge is 0.339 e. The number of esters is 1. The second-order valence-corrected chi connectivity index (χ2v) is 4.96. The van der Waals surface area contributed by atoms with Crippen molar-refractivity contribution in [3.05, 3.63) is 22.7 Å². The third-order valence-corrected chi connectivity index (χ3v) is 3.76. The number of halogens is 1. The zero-order valence-electron chi connectivity index (χ0n) is 9.96. The number of hydrogen-bond acceptors (Lipinski definition) is 4. The van der Waals surface area contributed by atoms with E-state index in [2.05, 4.69) is 6.92 Å². The molecule has 0 aromatic heterocycles. The van der Waals surface area contributed by atoms with Gasteiger partial charge in [0.1, 0.15) is 0 Å². The first-order valence-electron chi connectivity index (χ1n) is 5.49. The summed E-state index contributed by atoms with van der Waals surface area (Å²) in [6.07, 6.45) is 1.01. The van der Waals surface area contributed by atoms with Crippen molar-refractivity contribution in [3.63, 3.8) is 0 Å². The van der Waals surface area contributed by atoms with E-state index in [0.29, 0.717) is 22.9 Å². The lowest BCUT2D eigenvalue weighted by Gasteiger charge is -2.11. The quantitative estimate of drug-likeness (QED) is 0.506. The van der Waals surface area contributed by atoms with Crippen LogP contribution in [0.25, 0.3) is 0 Å². The highest BCUT2D eigenvalue weighted by atomic mass is 35.5. The van der Waals surface area contributed by atoms with Gasteiger partial charge in [-0.25, -0.2) is 4.79 Å². The summed E-state index contributed by atoms with van der Waals surface area (Å²) in [4.78, 5) is 12.5. The molecule has 0 aliphatic carbocycles. The van der Waals surface area contributed by atoms with Crippen LogP contribution >= 0.6 is 23.4 Å². The SMILES string of the molecule is CCCSc1c(Cl)cc(N)cc1C(=O)OCC. The molecule has 0 heterocycles. The molecule has 0 aliphatic rings. The first-order chi connectivity index (χ1) is 8.10. The van der Waals surface area contributed by atoms with Crippen molar-refractivity contribution in [2.45, 2.75) is 25.2 Å². The van der Waals surface area contributed by atoms with Gasteiger partial charge >= 0.3 is 5.97 Å². The van der Waals surface area contributed by atoms with E-state index in [1.807, 2.05) is 0 Å². The molecule has 0 atom stereocenters. The molecule has 1 aromatic rings. The number of hydrogen-bond donors (Lipinski definition) is 1. The molecule has 94 valence electrons. The van der Waals surface area contributed by atoms with Gasteiger partial charge in [-0.1, -0.05) is 18.5 Å². The standard InChI is InChI=1S/C12H16ClNO2S/c1-3-5-17-11-9(12(15)16-4-2)6-8(14)7-10(11)13/h6-7H,3-5,14H2,1-2H3. The first-order valence-corrected chi connectivity index (χ1v) is 6.85. The highest BCUT2D eigenvalue weighted by Gasteiger charge is 2.16. The van der Waals surface area contributed by atoms with E-state index in [-0.39, 0.29) is 5.97 Å². The molecule has 1 aromatic carbocycles. The van der Waals surface area contributed by atoms with E-state index < -0.39 is 0 Å². The predicted molar refractivity (Wildman–Crippen MR) is 72.8 cm³/mol. The normalized spacial score (nSPS) is 10.3. The lowest BCUT2D eigenvalue weighted by atomic mass is 10.2. The molecule has 0 amide bonds. The van der Waals surface area contributed by atoms with Crippen molar-refractivity contribution in [1.82, 2.24) is 0 Å². The van der Waals surface area contributed by atoms with Gasteiger partial charge in [-0.05, 0) is 31.2 Å². The molecule has 1 rings (SSSR count). The number of anilines is 1. The maximum Gasteiger partial charge on any atom is 0.339 e. The highest BCUT2D eigenvalue weighted by molar-refractivity contribution is 7.99. The topological polar surface area (TPSA) is 52.3 Å². The van der Waals surface area contributed by atoms with Crippen LogP contribution in [0.3, 0.4) is 0 Å². The van der Waals surface area contributed by atoms with Crippen LogP contribution in [0.5, 0.6) is 0 Å². The number of ether oxygens (including phenoxy) is 1. The van der Waals surface area contributed by atoms with Crippen LogP contribution in [0, 0.1) is 0 Å². The number of benzene rings is 1. The maximum absolute atomic E-state index is 11.8. The van der Waals surface area contributed by atoms with E-state index in [1.54, 1.807) is 30.8 Å². The molecule has 0 radical (unpaired) electrons. The Bertz CT molecular complexity index is 410. The predicted octanol–water partition coefficient (Wildman–Crippen LogP) is 3.60. The van der Waals surface area contributed by atoms with Crippen molar-refractivity contribution in [3.8, 4) is 0 Å². The molecule has 0 saturated carbocycles. The van der Waals surface area contributed by atoms with E-state index in [1.165, 1.54) is 0 Å².